The zero-order valence-corrected chi connectivity index (χ0v) is 9.64. The molecule has 0 aliphatic rings. The lowest BCUT2D eigenvalue weighted by Gasteiger charge is -2.00. The van der Waals surface area contributed by atoms with Gasteiger partial charge in [-0.3, -0.25) is 9.59 Å². The van der Waals surface area contributed by atoms with Crippen LogP contribution < -0.4 is 16.4 Å². The average molecular weight is 240 g/mol. The number of hydrogen-bond acceptors (Lipinski definition) is 5. The fraction of sp³-hybridized carbons (Fsp3) is 0.556. The Labute approximate surface area is 98.5 Å². The van der Waals surface area contributed by atoms with Gasteiger partial charge in [0.15, 0.2) is 0 Å². The highest BCUT2D eigenvalue weighted by atomic mass is 16.2. The van der Waals surface area contributed by atoms with Crippen LogP contribution in [0.25, 0.3) is 0 Å². The van der Waals surface area contributed by atoms with E-state index in [9.17, 15) is 9.59 Å². The number of aromatic nitrogens is 3. The van der Waals surface area contributed by atoms with E-state index in [1.54, 1.807) is 6.20 Å². The molecule has 8 heteroatoms. The predicted molar refractivity (Wildman–Crippen MR) is 59.6 cm³/mol. The van der Waals surface area contributed by atoms with Crippen molar-refractivity contribution >= 4 is 11.8 Å². The van der Waals surface area contributed by atoms with Crippen LogP contribution in [0.1, 0.15) is 12.6 Å². The topological polar surface area (TPSA) is 115 Å². The summed E-state index contributed by atoms with van der Waals surface area (Å²) in [4.78, 5) is 22.1. The quantitative estimate of drug-likeness (QED) is 0.531. The summed E-state index contributed by atoms with van der Waals surface area (Å²) in [6.07, 6.45) is 1.60. The third kappa shape index (κ3) is 4.60. The lowest BCUT2D eigenvalue weighted by Crippen LogP contribution is -2.29. The number of carbonyl (C=O) groups excluding carboxylic acids is 2. The molecule has 0 aliphatic carbocycles. The van der Waals surface area contributed by atoms with Crippen molar-refractivity contribution in [3.05, 3.63) is 11.9 Å². The minimum atomic E-state index is -0.261. The number of rotatable bonds is 6. The molecule has 0 unspecified atom stereocenters. The molecule has 0 radical (unpaired) electrons. The Balaban J connectivity index is 2.42. The van der Waals surface area contributed by atoms with Gasteiger partial charge in [0.05, 0.1) is 19.3 Å². The molecule has 0 aliphatic heterocycles. The zero-order chi connectivity index (χ0) is 12.7. The van der Waals surface area contributed by atoms with Crippen LogP contribution >= 0.6 is 0 Å². The molecule has 4 N–H and O–H groups in total. The summed E-state index contributed by atoms with van der Waals surface area (Å²) in [7, 11) is 0. The Morgan fingerprint density at radius 2 is 2.18 bits per heavy atom. The monoisotopic (exact) mass is 240 g/mol. The maximum atomic E-state index is 11.2. The van der Waals surface area contributed by atoms with E-state index in [2.05, 4.69) is 20.9 Å². The highest BCUT2D eigenvalue weighted by Crippen LogP contribution is 1.92. The van der Waals surface area contributed by atoms with Gasteiger partial charge in [-0.25, -0.2) is 4.68 Å². The highest BCUT2D eigenvalue weighted by molar-refractivity contribution is 5.77. The van der Waals surface area contributed by atoms with Crippen LogP contribution in [0.5, 0.6) is 0 Å². The smallest absolute Gasteiger partial charge is 0.241 e. The summed E-state index contributed by atoms with van der Waals surface area (Å²) >= 11 is 0. The minimum absolute atomic E-state index is 0.0625. The number of hydrogen-bond donors (Lipinski definition) is 3. The summed E-state index contributed by atoms with van der Waals surface area (Å²) in [5, 5.41) is 12.8. The van der Waals surface area contributed by atoms with Gasteiger partial charge >= 0.3 is 0 Å². The third-order valence-corrected chi connectivity index (χ3v) is 1.92. The largest absolute Gasteiger partial charge is 0.355 e. The van der Waals surface area contributed by atoms with Gasteiger partial charge in [-0.05, 0) is 6.92 Å². The molecule has 0 atom stereocenters. The number of likely N-dealkylation sites (N-methyl/N-ethyl adjacent to an activating group) is 1. The number of nitrogens with zero attached hydrogens (tertiary/aromatic N) is 3. The van der Waals surface area contributed by atoms with Crippen LogP contribution in [-0.4, -0.2) is 39.9 Å². The summed E-state index contributed by atoms with van der Waals surface area (Å²) < 4.78 is 1.41. The van der Waals surface area contributed by atoms with Gasteiger partial charge in [-0.1, -0.05) is 5.21 Å². The van der Waals surface area contributed by atoms with Crippen LogP contribution in [-0.2, 0) is 22.7 Å². The first-order valence-corrected chi connectivity index (χ1v) is 5.28. The van der Waals surface area contributed by atoms with Crippen molar-refractivity contribution in [1.82, 2.24) is 25.6 Å². The maximum Gasteiger partial charge on any atom is 0.241 e. The summed E-state index contributed by atoms with van der Waals surface area (Å²) in [5.41, 5.74) is 5.71. The van der Waals surface area contributed by atoms with Crippen LogP contribution in [0.2, 0.25) is 0 Å². The zero-order valence-electron chi connectivity index (χ0n) is 9.64. The fourth-order valence-corrected chi connectivity index (χ4v) is 1.16. The van der Waals surface area contributed by atoms with Crippen molar-refractivity contribution < 1.29 is 9.59 Å². The molecule has 0 saturated carbocycles. The Morgan fingerprint density at radius 1 is 1.41 bits per heavy atom. The number of amides is 2. The third-order valence-electron chi connectivity index (χ3n) is 1.92. The van der Waals surface area contributed by atoms with Gasteiger partial charge in [0.2, 0.25) is 11.8 Å². The van der Waals surface area contributed by atoms with Crippen LogP contribution in [0, 0.1) is 0 Å². The predicted octanol–water partition coefficient (Wildman–Crippen LogP) is -2.01. The van der Waals surface area contributed by atoms with Crippen molar-refractivity contribution in [1.29, 1.82) is 0 Å². The molecular formula is C9H16N6O2. The molecule has 0 bridgehead atoms. The molecule has 17 heavy (non-hydrogen) atoms. The molecule has 0 fully saturated rings. The van der Waals surface area contributed by atoms with E-state index in [1.165, 1.54) is 4.68 Å². The van der Waals surface area contributed by atoms with Gasteiger partial charge in [-0.2, -0.15) is 0 Å². The fourth-order valence-electron chi connectivity index (χ4n) is 1.16. The normalized spacial score (nSPS) is 10.0. The molecule has 1 rings (SSSR count). The second-order valence-electron chi connectivity index (χ2n) is 3.34. The summed E-state index contributed by atoms with van der Waals surface area (Å²) in [6, 6.07) is 0. The standard InChI is InChI=1S/C9H16N6O2/c1-2-11-9(17)6-15-5-7(13-14-15)4-12-8(16)3-10/h5H,2-4,6,10H2,1H3,(H,11,17)(H,12,16). The van der Waals surface area contributed by atoms with Crippen molar-refractivity contribution in [2.45, 2.75) is 20.0 Å². The minimum Gasteiger partial charge on any atom is -0.355 e. The molecule has 1 aromatic rings. The van der Waals surface area contributed by atoms with Crippen LogP contribution in [0.3, 0.4) is 0 Å². The lowest BCUT2D eigenvalue weighted by atomic mass is 10.4. The molecule has 0 aromatic carbocycles. The Bertz CT molecular complexity index is 389. The van der Waals surface area contributed by atoms with Crippen molar-refractivity contribution in [2.75, 3.05) is 13.1 Å². The molecule has 8 nitrogen and oxygen atoms in total. The van der Waals surface area contributed by atoms with Gasteiger partial charge in [0, 0.05) is 6.54 Å². The van der Waals surface area contributed by atoms with E-state index in [1.807, 2.05) is 6.92 Å². The molecular weight excluding hydrogens is 224 g/mol. The Kier molecular flexibility index (Phi) is 5.08. The van der Waals surface area contributed by atoms with Crippen molar-refractivity contribution in [3.8, 4) is 0 Å². The molecule has 2 amide bonds. The van der Waals surface area contributed by atoms with E-state index in [0.717, 1.165) is 0 Å². The lowest BCUT2D eigenvalue weighted by molar-refractivity contribution is -0.122. The highest BCUT2D eigenvalue weighted by Gasteiger charge is 2.05. The Morgan fingerprint density at radius 3 is 2.82 bits per heavy atom. The van der Waals surface area contributed by atoms with E-state index < -0.39 is 0 Å². The van der Waals surface area contributed by atoms with Crippen molar-refractivity contribution in [2.24, 2.45) is 5.73 Å². The number of nitrogens with one attached hydrogen (secondary N) is 2. The first-order chi connectivity index (χ1) is 8.15. The molecule has 1 heterocycles. The van der Waals surface area contributed by atoms with Gasteiger partial charge in [0.1, 0.15) is 12.2 Å². The molecule has 0 saturated heterocycles. The summed E-state index contributed by atoms with van der Waals surface area (Å²) in [5.74, 6) is -0.391. The van der Waals surface area contributed by atoms with E-state index in [4.69, 9.17) is 5.73 Å². The van der Waals surface area contributed by atoms with Gasteiger partial charge in [0.25, 0.3) is 0 Å². The SMILES string of the molecule is CCNC(=O)Cn1cc(CNC(=O)CN)nn1. The second kappa shape index (κ2) is 6.59. The van der Waals surface area contributed by atoms with Crippen molar-refractivity contribution in [3.63, 3.8) is 0 Å². The van der Waals surface area contributed by atoms with Gasteiger partial charge in [-0.15, -0.1) is 5.10 Å². The Hall–Kier alpha value is -1.96. The summed E-state index contributed by atoms with van der Waals surface area (Å²) in [6.45, 7) is 2.73. The van der Waals surface area contributed by atoms with E-state index in [0.29, 0.717) is 12.2 Å². The molecule has 1 aromatic heterocycles. The first-order valence-electron chi connectivity index (χ1n) is 5.28. The molecule has 94 valence electrons. The van der Waals surface area contributed by atoms with Crippen LogP contribution in [0.4, 0.5) is 0 Å². The maximum absolute atomic E-state index is 11.2. The second-order valence-corrected chi connectivity index (χ2v) is 3.34. The van der Waals surface area contributed by atoms with E-state index >= 15 is 0 Å². The number of nitrogens with two attached hydrogens (primary N) is 1. The van der Waals surface area contributed by atoms with E-state index in [-0.39, 0.29) is 31.4 Å². The van der Waals surface area contributed by atoms with Gasteiger partial charge < -0.3 is 16.4 Å². The average Bonchev–Trinajstić information content (AvgIpc) is 2.74. The first kappa shape index (κ1) is 13.1. The van der Waals surface area contributed by atoms with Crippen LogP contribution in [0.15, 0.2) is 6.20 Å². The molecule has 0 spiro atoms. The number of carbonyl (C=O) groups is 2.